The molecule has 2 aromatic carbocycles. The van der Waals surface area contributed by atoms with E-state index in [2.05, 4.69) is 36.4 Å². The number of amides is 1. The van der Waals surface area contributed by atoms with Crippen LogP contribution >= 0.6 is 0 Å². The maximum Gasteiger partial charge on any atom is 0.219 e. The number of carbonyl (C=O) groups is 1. The SMILES string of the molecule is NC(=O)CC(N)c1ccc2c(c1)Cc1ccccc1-2. The first-order valence-corrected chi connectivity index (χ1v) is 6.40. The number of benzene rings is 2. The van der Waals surface area contributed by atoms with E-state index in [4.69, 9.17) is 11.5 Å². The molecule has 19 heavy (non-hydrogen) atoms. The predicted octanol–water partition coefficient (Wildman–Crippen LogP) is 2.13. The Hall–Kier alpha value is -2.13. The van der Waals surface area contributed by atoms with E-state index in [1.807, 2.05) is 6.07 Å². The van der Waals surface area contributed by atoms with E-state index in [0.717, 1.165) is 12.0 Å². The van der Waals surface area contributed by atoms with Crippen molar-refractivity contribution in [3.8, 4) is 11.1 Å². The normalized spacial score (nSPS) is 13.7. The molecule has 0 aromatic heterocycles. The van der Waals surface area contributed by atoms with Crippen molar-refractivity contribution in [1.82, 2.24) is 0 Å². The molecule has 2 aromatic rings. The summed E-state index contributed by atoms with van der Waals surface area (Å²) in [6, 6.07) is 14.3. The lowest BCUT2D eigenvalue weighted by Crippen LogP contribution is -2.20. The van der Waals surface area contributed by atoms with Gasteiger partial charge in [0.25, 0.3) is 0 Å². The summed E-state index contributed by atoms with van der Waals surface area (Å²) in [4.78, 5) is 10.9. The highest BCUT2D eigenvalue weighted by Gasteiger charge is 2.19. The second-order valence-corrected chi connectivity index (χ2v) is 5.03. The van der Waals surface area contributed by atoms with Gasteiger partial charge >= 0.3 is 0 Å². The molecule has 3 heteroatoms. The van der Waals surface area contributed by atoms with E-state index in [0.29, 0.717) is 0 Å². The molecule has 0 radical (unpaired) electrons. The van der Waals surface area contributed by atoms with Crippen LogP contribution in [0.1, 0.15) is 29.2 Å². The Balaban J connectivity index is 1.95. The van der Waals surface area contributed by atoms with E-state index in [1.165, 1.54) is 22.3 Å². The number of primary amides is 1. The molecule has 0 saturated heterocycles. The van der Waals surface area contributed by atoms with Crippen molar-refractivity contribution in [1.29, 1.82) is 0 Å². The van der Waals surface area contributed by atoms with Gasteiger partial charge < -0.3 is 11.5 Å². The third-order valence-electron chi connectivity index (χ3n) is 3.67. The molecular weight excluding hydrogens is 236 g/mol. The van der Waals surface area contributed by atoms with Crippen LogP contribution in [0.2, 0.25) is 0 Å². The Kier molecular flexibility index (Phi) is 2.84. The first kappa shape index (κ1) is 11.9. The molecule has 1 unspecified atom stereocenters. The number of fused-ring (bicyclic) bond motifs is 3. The standard InChI is InChI=1S/C16H16N2O/c17-15(9-16(18)19)11-5-6-14-12(8-11)7-10-3-1-2-4-13(10)14/h1-6,8,15H,7,9,17H2,(H2,18,19). The summed E-state index contributed by atoms with van der Waals surface area (Å²) in [7, 11) is 0. The molecule has 0 saturated carbocycles. The molecule has 1 aliphatic carbocycles. The molecule has 0 aliphatic heterocycles. The fourth-order valence-electron chi connectivity index (χ4n) is 2.73. The highest BCUT2D eigenvalue weighted by Crippen LogP contribution is 2.37. The molecule has 0 bridgehead atoms. The van der Waals surface area contributed by atoms with E-state index in [-0.39, 0.29) is 18.4 Å². The van der Waals surface area contributed by atoms with Gasteiger partial charge in [0.2, 0.25) is 5.91 Å². The average Bonchev–Trinajstić information content (AvgIpc) is 2.75. The molecule has 1 atom stereocenters. The van der Waals surface area contributed by atoms with Crippen molar-refractivity contribution in [2.45, 2.75) is 18.9 Å². The van der Waals surface area contributed by atoms with Crippen LogP contribution in [0.25, 0.3) is 11.1 Å². The predicted molar refractivity (Wildman–Crippen MR) is 75.4 cm³/mol. The second-order valence-electron chi connectivity index (χ2n) is 5.03. The zero-order valence-corrected chi connectivity index (χ0v) is 10.6. The van der Waals surface area contributed by atoms with Crippen LogP contribution in [0.4, 0.5) is 0 Å². The highest BCUT2D eigenvalue weighted by atomic mass is 16.1. The largest absolute Gasteiger partial charge is 0.370 e. The Bertz CT molecular complexity index is 649. The fourth-order valence-corrected chi connectivity index (χ4v) is 2.73. The first-order chi connectivity index (χ1) is 9.15. The van der Waals surface area contributed by atoms with Gasteiger partial charge in [0.15, 0.2) is 0 Å². The minimum atomic E-state index is -0.365. The Morgan fingerprint density at radius 2 is 1.84 bits per heavy atom. The number of rotatable bonds is 3. The summed E-state index contributed by atoms with van der Waals surface area (Å²) in [6.07, 6.45) is 1.12. The van der Waals surface area contributed by atoms with Gasteiger partial charge in [-0.05, 0) is 34.2 Å². The van der Waals surface area contributed by atoms with Crippen molar-refractivity contribution in [2.24, 2.45) is 11.5 Å². The maximum absolute atomic E-state index is 10.9. The van der Waals surface area contributed by atoms with Crippen molar-refractivity contribution in [3.63, 3.8) is 0 Å². The molecule has 1 aliphatic rings. The lowest BCUT2D eigenvalue weighted by Gasteiger charge is -2.11. The van der Waals surface area contributed by atoms with E-state index < -0.39 is 0 Å². The summed E-state index contributed by atoms with van der Waals surface area (Å²) < 4.78 is 0. The maximum atomic E-state index is 10.9. The van der Waals surface area contributed by atoms with E-state index in [9.17, 15) is 4.79 Å². The Morgan fingerprint density at radius 1 is 1.11 bits per heavy atom. The van der Waals surface area contributed by atoms with Crippen LogP contribution in [-0.2, 0) is 11.2 Å². The van der Waals surface area contributed by atoms with Crippen molar-refractivity contribution >= 4 is 5.91 Å². The van der Waals surface area contributed by atoms with Crippen LogP contribution in [0.3, 0.4) is 0 Å². The van der Waals surface area contributed by atoms with Gasteiger partial charge in [-0.25, -0.2) is 0 Å². The second kappa shape index (κ2) is 4.52. The number of carbonyl (C=O) groups excluding carboxylic acids is 1. The van der Waals surface area contributed by atoms with Crippen LogP contribution in [0, 0.1) is 0 Å². The smallest absolute Gasteiger partial charge is 0.219 e. The molecule has 3 rings (SSSR count). The van der Waals surface area contributed by atoms with Gasteiger partial charge in [0.05, 0.1) is 0 Å². The molecule has 96 valence electrons. The summed E-state index contributed by atoms with van der Waals surface area (Å²) in [5.74, 6) is -0.365. The number of hydrogen-bond acceptors (Lipinski definition) is 2. The molecule has 0 heterocycles. The first-order valence-electron chi connectivity index (χ1n) is 6.40. The van der Waals surface area contributed by atoms with Crippen LogP contribution in [-0.4, -0.2) is 5.91 Å². The van der Waals surface area contributed by atoms with Crippen molar-refractivity contribution < 1.29 is 4.79 Å². The average molecular weight is 252 g/mol. The zero-order chi connectivity index (χ0) is 13.4. The minimum absolute atomic E-state index is 0.186. The monoisotopic (exact) mass is 252 g/mol. The highest BCUT2D eigenvalue weighted by molar-refractivity contribution is 5.77. The fraction of sp³-hybridized carbons (Fsp3) is 0.188. The number of nitrogens with two attached hydrogens (primary N) is 2. The molecule has 1 amide bonds. The van der Waals surface area contributed by atoms with E-state index >= 15 is 0 Å². The lowest BCUT2D eigenvalue weighted by molar-refractivity contribution is -0.118. The lowest BCUT2D eigenvalue weighted by atomic mass is 9.98. The molecular formula is C16H16N2O. The topological polar surface area (TPSA) is 69.1 Å². The van der Waals surface area contributed by atoms with Gasteiger partial charge in [-0.15, -0.1) is 0 Å². The van der Waals surface area contributed by atoms with Crippen LogP contribution < -0.4 is 11.5 Å². The molecule has 4 N–H and O–H groups in total. The van der Waals surface area contributed by atoms with E-state index in [1.54, 1.807) is 0 Å². The van der Waals surface area contributed by atoms with Crippen molar-refractivity contribution in [3.05, 3.63) is 59.2 Å². The van der Waals surface area contributed by atoms with Crippen molar-refractivity contribution in [2.75, 3.05) is 0 Å². The van der Waals surface area contributed by atoms with Gasteiger partial charge in [0, 0.05) is 12.5 Å². The van der Waals surface area contributed by atoms with Crippen LogP contribution in [0.5, 0.6) is 0 Å². The van der Waals surface area contributed by atoms with Crippen LogP contribution in [0.15, 0.2) is 42.5 Å². The Morgan fingerprint density at radius 3 is 2.63 bits per heavy atom. The molecule has 3 nitrogen and oxygen atoms in total. The summed E-state index contributed by atoms with van der Waals surface area (Å²) in [5.41, 5.74) is 17.4. The third kappa shape index (κ3) is 2.13. The molecule has 0 fully saturated rings. The summed E-state index contributed by atoms with van der Waals surface area (Å²) in [5, 5.41) is 0. The minimum Gasteiger partial charge on any atom is -0.370 e. The summed E-state index contributed by atoms with van der Waals surface area (Å²) >= 11 is 0. The quantitative estimate of drug-likeness (QED) is 0.749. The zero-order valence-electron chi connectivity index (χ0n) is 10.6. The third-order valence-corrected chi connectivity index (χ3v) is 3.67. The van der Waals surface area contributed by atoms with Gasteiger partial charge in [-0.2, -0.15) is 0 Å². The Labute approximate surface area is 112 Å². The summed E-state index contributed by atoms with van der Waals surface area (Å²) in [6.45, 7) is 0. The van der Waals surface area contributed by atoms with Gasteiger partial charge in [0.1, 0.15) is 0 Å². The number of hydrogen-bond donors (Lipinski definition) is 2. The van der Waals surface area contributed by atoms with Gasteiger partial charge in [-0.3, -0.25) is 4.79 Å². The molecule has 0 spiro atoms. The van der Waals surface area contributed by atoms with Gasteiger partial charge in [-0.1, -0.05) is 42.5 Å².